The summed E-state index contributed by atoms with van der Waals surface area (Å²) in [5.41, 5.74) is 0.210. The largest absolute Gasteiger partial charge is 0.496 e. The molecule has 6 heteroatoms. The Morgan fingerprint density at radius 1 is 1.41 bits per heavy atom. The van der Waals surface area contributed by atoms with Crippen molar-refractivity contribution in [1.29, 1.82) is 0 Å². The van der Waals surface area contributed by atoms with Crippen LogP contribution in [0.15, 0.2) is 18.2 Å². The summed E-state index contributed by atoms with van der Waals surface area (Å²) in [6.45, 7) is 7.29. The van der Waals surface area contributed by atoms with Gasteiger partial charge in [-0.15, -0.1) is 0 Å². The van der Waals surface area contributed by atoms with Crippen molar-refractivity contribution >= 4 is 6.09 Å². The maximum absolute atomic E-state index is 13.4. The lowest BCUT2D eigenvalue weighted by atomic mass is 10.0. The number of rotatable bonds is 2. The maximum Gasteiger partial charge on any atom is 0.410 e. The number of hydrogen-bond donors (Lipinski definition) is 1. The molecule has 0 bridgehead atoms. The summed E-state index contributed by atoms with van der Waals surface area (Å²) >= 11 is 0. The summed E-state index contributed by atoms with van der Waals surface area (Å²) < 4.78 is 24.1. The molecule has 1 heterocycles. The molecule has 0 radical (unpaired) electrons. The summed E-state index contributed by atoms with van der Waals surface area (Å²) in [6, 6.07) is 4.11. The maximum atomic E-state index is 13.4. The van der Waals surface area contributed by atoms with Gasteiger partial charge in [-0.05, 0) is 26.8 Å². The highest BCUT2D eigenvalue weighted by Gasteiger charge is 2.32. The lowest BCUT2D eigenvalue weighted by molar-refractivity contribution is 0.0116. The van der Waals surface area contributed by atoms with Crippen molar-refractivity contribution in [3.05, 3.63) is 29.6 Å². The fourth-order valence-corrected chi connectivity index (χ4v) is 2.48. The second-order valence-corrected chi connectivity index (χ2v) is 6.28. The summed E-state index contributed by atoms with van der Waals surface area (Å²) in [5.74, 6) is 0.0652. The number of methoxy groups -OCH3 is 1. The Balaban J connectivity index is 2.28. The van der Waals surface area contributed by atoms with Gasteiger partial charge in [-0.3, -0.25) is 4.90 Å². The third-order valence-corrected chi connectivity index (χ3v) is 3.43. The van der Waals surface area contributed by atoms with E-state index < -0.39 is 5.60 Å². The third-order valence-electron chi connectivity index (χ3n) is 3.43. The number of ether oxygens (including phenoxy) is 2. The molecule has 22 heavy (non-hydrogen) atoms. The molecule has 1 fully saturated rings. The zero-order valence-electron chi connectivity index (χ0n) is 13.5. The fourth-order valence-electron chi connectivity index (χ4n) is 2.48. The number of piperazine rings is 1. The molecule has 0 saturated carbocycles. The Morgan fingerprint density at radius 3 is 2.77 bits per heavy atom. The van der Waals surface area contributed by atoms with Crippen molar-refractivity contribution < 1.29 is 18.7 Å². The third kappa shape index (κ3) is 3.88. The molecule has 1 N–H and O–H groups in total. The minimum absolute atomic E-state index is 0.251. The van der Waals surface area contributed by atoms with Gasteiger partial charge in [-0.1, -0.05) is 6.07 Å². The molecule has 1 aliphatic heterocycles. The van der Waals surface area contributed by atoms with Gasteiger partial charge in [0.05, 0.1) is 13.2 Å². The van der Waals surface area contributed by atoms with Crippen LogP contribution in [0, 0.1) is 5.82 Å². The van der Waals surface area contributed by atoms with E-state index in [0.29, 0.717) is 25.4 Å². The van der Waals surface area contributed by atoms with Crippen LogP contribution in [-0.2, 0) is 4.74 Å². The molecule has 1 unspecified atom stereocenters. The number of halogens is 1. The number of amides is 1. The highest BCUT2D eigenvalue weighted by atomic mass is 19.1. The van der Waals surface area contributed by atoms with E-state index in [-0.39, 0.29) is 18.0 Å². The van der Waals surface area contributed by atoms with Crippen molar-refractivity contribution in [2.24, 2.45) is 0 Å². The molecule has 1 aromatic carbocycles. The van der Waals surface area contributed by atoms with Gasteiger partial charge in [-0.2, -0.15) is 0 Å². The quantitative estimate of drug-likeness (QED) is 0.912. The topological polar surface area (TPSA) is 50.8 Å². The van der Waals surface area contributed by atoms with E-state index in [1.165, 1.54) is 19.2 Å². The molecule has 0 spiro atoms. The lowest BCUT2D eigenvalue weighted by Crippen LogP contribution is -2.50. The minimum atomic E-state index is -0.556. The standard InChI is InChI=1S/C16H23FN2O3/c1-16(2,3)22-15(20)19-8-7-18-10-13(19)12-6-5-11(17)9-14(12)21-4/h5-6,9,13,18H,7-8,10H2,1-4H3. The normalized spacial score (nSPS) is 19.0. The van der Waals surface area contributed by atoms with E-state index in [0.717, 1.165) is 5.56 Å². The van der Waals surface area contributed by atoms with Gasteiger partial charge in [0.1, 0.15) is 17.2 Å². The Labute approximate surface area is 130 Å². The molecule has 2 rings (SSSR count). The molecule has 122 valence electrons. The highest BCUT2D eigenvalue weighted by molar-refractivity contribution is 5.69. The number of benzene rings is 1. The number of hydrogen-bond acceptors (Lipinski definition) is 4. The monoisotopic (exact) mass is 310 g/mol. The van der Waals surface area contributed by atoms with Crippen molar-refractivity contribution in [3.8, 4) is 5.75 Å². The van der Waals surface area contributed by atoms with Crippen LogP contribution in [0.1, 0.15) is 32.4 Å². The zero-order valence-corrected chi connectivity index (χ0v) is 13.5. The molecule has 5 nitrogen and oxygen atoms in total. The van der Waals surface area contributed by atoms with Gasteiger partial charge in [0.15, 0.2) is 0 Å². The first-order valence-electron chi connectivity index (χ1n) is 7.35. The molecule has 1 aliphatic rings. The van der Waals surface area contributed by atoms with Crippen LogP contribution >= 0.6 is 0 Å². The Hall–Kier alpha value is -1.82. The van der Waals surface area contributed by atoms with Crippen molar-refractivity contribution in [1.82, 2.24) is 10.2 Å². The molecule has 1 saturated heterocycles. The summed E-state index contributed by atoms with van der Waals surface area (Å²) in [5, 5.41) is 3.25. The first-order valence-corrected chi connectivity index (χ1v) is 7.35. The second kappa shape index (κ2) is 6.52. The van der Waals surface area contributed by atoms with Crippen molar-refractivity contribution in [3.63, 3.8) is 0 Å². The van der Waals surface area contributed by atoms with Gasteiger partial charge in [0, 0.05) is 31.3 Å². The number of carbonyl (C=O) groups excluding carboxylic acids is 1. The van der Waals surface area contributed by atoms with Crippen LogP contribution < -0.4 is 10.1 Å². The lowest BCUT2D eigenvalue weighted by Gasteiger charge is -2.37. The Morgan fingerprint density at radius 2 is 2.14 bits per heavy atom. The van der Waals surface area contributed by atoms with E-state index in [2.05, 4.69) is 5.32 Å². The predicted molar refractivity (Wildman–Crippen MR) is 81.5 cm³/mol. The van der Waals surface area contributed by atoms with Crippen LogP contribution in [0.2, 0.25) is 0 Å². The molecule has 1 atom stereocenters. The first-order chi connectivity index (χ1) is 10.3. The second-order valence-electron chi connectivity index (χ2n) is 6.28. The summed E-state index contributed by atoms with van der Waals surface area (Å²) in [4.78, 5) is 14.1. The van der Waals surface area contributed by atoms with Gasteiger partial charge >= 0.3 is 6.09 Å². The van der Waals surface area contributed by atoms with Crippen molar-refractivity contribution in [2.75, 3.05) is 26.7 Å². The fraction of sp³-hybridized carbons (Fsp3) is 0.562. The number of carbonyl (C=O) groups is 1. The van der Waals surface area contributed by atoms with Crippen LogP contribution in [-0.4, -0.2) is 43.3 Å². The van der Waals surface area contributed by atoms with Crippen LogP contribution in [0.3, 0.4) is 0 Å². The Bertz CT molecular complexity index is 543. The highest BCUT2D eigenvalue weighted by Crippen LogP contribution is 2.31. The molecule has 1 amide bonds. The van der Waals surface area contributed by atoms with Gasteiger partial charge < -0.3 is 14.8 Å². The molecule has 1 aromatic rings. The first kappa shape index (κ1) is 16.5. The number of nitrogens with zero attached hydrogens (tertiary/aromatic N) is 1. The van der Waals surface area contributed by atoms with Gasteiger partial charge in [0.25, 0.3) is 0 Å². The van der Waals surface area contributed by atoms with Crippen LogP contribution in [0.4, 0.5) is 9.18 Å². The van der Waals surface area contributed by atoms with Crippen molar-refractivity contribution in [2.45, 2.75) is 32.4 Å². The van der Waals surface area contributed by atoms with E-state index in [1.807, 2.05) is 20.8 Å². The van der Waals surface area contributed by atoms with Gasteiger partial charge in [-0.25, -0.2) is 9.18 Å². The average molecular weight is 310 g/mol. The Kier molecular flexibility index (Phi) is 4.90. The van der Waals surface area contributed by atoms with E-state index in [9.17, 15) is 9.18 Å². The smallest absolute Gasteiger partial charge is 0.410 e. The molecule has 0 aliphatic carbocycles. The number of nitrogens with one attached hydrogen (secondary N) is 1. The van der Waals surface area contributed by atoms with Crippen LogP contribution in [0.25, 0.3) is 0 Å². The SMILES string of the molecule is COc1cc(F)ccc1C1CNCCN1C(=O)OC(C)(C)C. The van der Waals surface area contributed by atoms with Crippen LogP contribution in [0.5, 0.6) is 5.75 Å². The molecular formula is C16H23FN2O3. The summed E-state index contributed by atoms with van der Waals surface area (Å²) in [7, 11) is 1.49. The zero-order chi connectivity index (χ0) is 16.3. The van der Waals surface area contributed by atoms with E-state index >= 15 is 0 Å². The minimum Gasteiger partial charge on any atom is -0.496 e. The average Bonchev–Trinajstić information content (AvgIpc) is 2.45. The van der Waals surface area contributed by atoms with E-state index in [4.69, 9.17) is 9.47 Å². The molecular weight excluding hydrogens is 287 g/mol. The molecule has 0 aromatic heterocycles. The van der Waals surface area contributed by atoms with E-state index in [1.54, 1.807) is 11.0 Å². The summed E-state index contributed by atoms with van der Waals surface area (Å²) in [6.07, 6.45) is -0.370. The predicted octanol–water partition coefficient (Wildman–Crippen LogP) is 2.72. The van der Waals surface area contributed by atoms with Gasteiger partial charge in [0.2, 0.25) is 0 Å².